The highest BCUT2D eigenvalue weighted by molar-refractivity contribution is 9.10. The number of anilines is 1. The largest absolute Gasteiger partial charge is 0.295 e. The molecule has 0 fully saturated rings. The van der Waals surface area contributed by atoms with Crippen LogP contribution in [-0.4, -0.2) is 14.2 Å². The van der Waals surface area contributed by atoms with Crippen LogP contribution in [0.5, 0.6) is 0 Å². The fraction of sp³-hybridized carbons (Fsp3) is 0.0714. The molecule has 0 aromatic heterocycles. The van der Waals surface area contributed by atoms with Gasteiger partial charge in [0.15, 0.2) is 5.78 Å². The molecule has 0 amide bonds. The Labute approximate surface area is 126 Å². The van der Waals surface area contributed by atoms with E-state index in [4.69, 9.17) is 0 Å². The van der Waals surface area contributed by atoms with Crippen molar-refractivity contribution in [2.24, 2.45) is 0 Å². The Balaban J connectivity index is 2.29. The number of ketones is 1. The molecule has 104 valence electrons. The van der Waals surface area contributed by atoms with Crippen LogP contribution in [0.4, 0.5) is 5.69 Å². The zero-order chi connectivity index (χ0) is 14.8. The molecule has 0 radical (unpaired) electrons. The first kappa shape index (κ1) is 14.7. The van der Waals surface area contributed by atoms with Crippen molar-refractivity contribution in [1.82, 2.24) is 0 Å². The number of benzene rings is 2. The highest BCUT2D eigenvalue weighted by Gasteiger charge is 2.17. The van der Waals surface area contributed by atoms with Gasteiger partial charge >= 0.3 is 0 Å². The van der Waals surface area contributed by atoms with E-state index in [0.717, 1.165) is 0 Å². The molecule has 0 spiro atoms. The lowest BCUT2D eigenvalue weighted by Crippen LogP contribution is -2.13. The van der Waals surface area contributed by atoms with Gasteiger partial charge in [-0.3, -0.25) is 9.52 Å². The van der Waals surface area contributed by atoms with Crippen LogP contribution < -0.4 is 4.72 Å². The third-order valence-electron chi connectivity index (χ3n) is 2.67. The van der Waals surface area contributed by atoms with Crippen LogP contribution >= 0.6 is 15.9 Å². The summed E-state index contributed by atoms with van der Waals surface area (Å²) in [5.74, 6) is -0.0646. The summed E-state index contributed by atoms with van der Waals surface area (Å²) in [5.41, 5.74) is 0.944. The Hall–Kier alpha value is -1.66. The molecule has 1 N–H and O–H groups in total. The van der Waals surface area contributed by atoms with E-state index in [2.05, 4.69) is 20.7 Å². The maximum absolute atomic E-state index is 12.2. The average Bonchev–Trinajstić information content (AvgIpc) is 2.39. The van der Waals surface area contributed by atoms with E-state index in [1.165, 1.54) is 13.0 Å². The van der Waals surface area contributed by atoms with Crippen LogP contribution in [0.2, 0.25) is 0 Å². The van der Waals surface area contributed by atoms with Gasteiger partial charge in [0, 0.05) is 15.7 Å². The number of nitrogens with one attached hydrogen (secondary N) is 1. The van der Waals surface area contributed by atoms with Crippen molar-refractivity contribution in [2.75, 3.05) is 4.72 Å². The van der Waals surface area contributed by atoms with Gasteiger partial charge in [-0.05, 0) is 59.3 Å². The average molecular weight is 354 g/mol. The molecule has 0 atom stereocenters. The topological polar surface area (TPSA) is 63.2 Å². The molecule has 0 aliphatic carbocycles. The second-order valence-electron chi connectivity index (χ2n) is 4.17. The Kier molecular flexibility index (Phi) is 4.25. The van der Waals surface area contributed by atoms with Gasteiger partial charge < -0.3 is 0 Å². The van der Waals surface area contributed by atoms with Gasteiger partial charge in [-0.15, -0.1) is 0 Å². The van der Waals surface area contributed by atoms with Crippen LogP contribution in [0, 0.1) is 0 Å². The second kappa shape index (κ2) is 5.76. The lowest BCUT2D eigenvalue weighted by Gasteiger charge is -2.09. The Morgan fingerprint density at radius 2 is 1.65 bits per heavy atom. The summed E-state index contributed by atoms with van der Waals surface area (Å²) in [6, 6.07) is 12.9. The van der Waals surface area contributed by atoms with Gasteiger partial charge in [0.2, 0.25) is 0 Å². The summed E-state index contributed by atoms with van der Waals surface area (Å²) < 4.78 is 27.4. The number of hydrogen-bond acceptors (Lipinski definition) is 3. The molecule has 0 saturated heterocycles. The Bertz CT molecular complexity index is 739. The number of carbonyl (C=O) groups excluding carboxylic acids is 1. The number of sulfonamides is 1. The Morgan fingerprint density at radius 1 is 1.05 bits per heavy atom. The molecule has 20 heavy (non-hydrogen) atoms. The molecule has 0 heterocycles. The zero-order valence-electron chi connectivity index (χ0n) is 10.6. The molecule has 0 unspecified atom stereocenters. The summed E-state index contributed by atoms with van der Waals surface area (Å²) in [6.07, 6.45) is 0. The normalized spacial score (nSPS) is 11.1. The van der Waals surface area contributed by atoms with Gasteiger partial charge in [0.25, 0.3) is 10.0 Å². The highest BCUT2D eigenvalue weighted by atomic mass is 79.9. The zero-order valence-corrected chi connectivity index (χ0v) is 13.0. The lowest BCUT2D eigenvalue weighted by atomic mass is 10.1. The van der Waals surface area contributed by atoms with Gasteiger partial charge in [0.05, 0.1) is 0 Å². The monoisotopic (exact) mass is 353 g/mol. The standard InChI is InChI=1S/C14H12BrNO3S/c1-10(17)11-6-8-12(9-7-11)16-20(18,19)14-5-3-2-4-13(14)15/h2-9,16H,1H3. The number of halogens is 1. The van der Waals surface area contributed by atoms with E-state index < -0.39 is 10.0 Å². The van der Waals surface area contributed by atoms with Crippen molar-refractivity contribution in [3.8, 4) is 0 Å². The second-order valence-corrected chi connectivity index (χ2v) is 6.67. The van der Waals surface area contributed by atoms with Crippen molar-refractivity contribution in [2.45, 2.75) is 11.8 Å². The molecule has 2 rings (SSSR count). The predicted octanol–water partition coefficient (Wildman–Crippen LogP) is 3.45. The van der Waals surface area contributed by atoms with Crippen molar-refractivity contribution < 1.29 is 13.2 Å². The first-order valence-corrected chi connectivity index (χ1v) is 8.06. The van der Waals surface area contributed by atoms with E-state index in [9.17, 15) is 13.2 Å². The number of hydrogen-bond donors (Lipinski definition) is 1. The smallest absolute Gasteiger partial charge is 0.263 e. The van der Waals surface area contributed by atoms with Gasteiger partial charge in [0.1, 0.15) is 4.90 Å². The number of Topliss-reactive ketones (excluding diaryl/α,β-unsaturated/α-hetero) is 1. The minimum Gasteiger partial charge on any atom is -0.295 e. The summed E-state index contributed by atoms with van der Waals surface area (Å²) in [7, 11) is -3.66. The van der Waals surface area contributed by atoms with Crippen LogP contribution in [-0.2, 0) is 10.0 Å². The van der Waals surface area contributed by atoms with Crippen molar-refractivity contribution >= 4 is 37.4 Å². The van der Waals surface area contributed by atoms with Crippen LogP contribution in [0.15, 0.2) is 57.9 Å². The molecule has 4 nitrogen and oxygen atoms in total. The molecule has 6 heteroatoms. The fourth-order valence-corrected chi connectivity index (χ4v) is 3.71. The molecular formula is C14H12BrNO3S. The van der Waals surface area contributed by atoms with Crippen LogP contribution in [0.1, 0.15) is 17.3 Å². The quantitative estimate of drug-likeness (QED) is 0.856. The minimum atomic E-state index is -3.66. The maximum atomic E-state index is 12.2. The van der Waals surface area contributed by atoms with Crippen molar-refractivity contribution in [1.29, 1.82) is 0 Å². The molecule has 0 aliphatic heterocycles. The van der Waals surface area contributed by atoms with Gasteiger partial charge in [-0.1, -0.05) is 12.1 Å². The van der Waals surface area contributed by atoms with E-state index in [0.29, 0.717) is 15.7 Å². The predicted molar refractivity (Wildman–Crippen MR) is 81.4 cm³/mol. The van der Waals surface area contributed by atoms with Crippen molar-refractivity contribution in [3.63, 3.8) is 0 Å². The van der Waals surface area contributed by atoms with Crippen molar-refractivity contribution in [3.05, 3.63) is 58.6 Å². The molecule has 0 saturated carbocycles. The van der Waals surface area contributed by atoms with Crippen LogP contribution in [0.25, 0.3) is 0 Å². The lowest BCUT2D eigenvalue weighted by molar-refractivity contribution is 0.101. The fourth-order valence-electron chi connectivity index (χ4n) is 1.65. The third kappa shape index (κ3) is 3.26. The van der Waals surface area contributed by atoms with E-state index >= 15 is 0 Å². The number of carbonyl (C=O) groups is 1. The molecule has 0 bridgehead atoms. The summed E-state index contributed by atoms with van der Waals surface area (Å²) in [4.78, 5) is 11.3. The summed E-state index contributed by atoms with van der Waals surface area (Å²) >= 11 is 3.21. The van der Waals surface area contributed by atoms with Gasteiger partial charge in [-0.25, -0.2) is 8.42 Å². The first-order chi connectivity index (χ1) is 9.40. The third-order valence-corrected chi connectivity index (χ3v) is 5.06. The summed E-state index contributed by atoms with van der Waals surface area (Å²) in [5, 5.41) is 0. The first-order valence-electron chi connectivity index (χ1n) is 5.78. The molecular weight excluding hydrogens is 342 g/mol. The molecule has 2 aromatic carbocycles. The highest BCUT2D eigenvalue weighted by Crippen LogP contribution is 2.23. The molecule has 2 aromatic rings. The summed E-state index contributed by atoms with van der Waals surface area (Å²) in [6.45, 7) is 1.46. The minimum absolute atomic E-state index is 0.0646. The number of rotatable bonds is 4. The van der Waals surface area contributed by atoms with E-state index in [-0.39, 0.29) is 10.7 Å². The molecule has 0 aliphatic rings. The van der Waals surface area contributed by atoms with Crippen LogP contribution in [0.3, 0.4) is 0 Å². The van der Waals surface area contributed by atoms with Gasteiger partial charge in [-0.2, -0.15) is 0 Å². The van der Waals surface area contributed by atoms with E-state index in [1.54, 1.807) is 42.5 Å². The Morgan fingerprint density at radius 3 is 2.20 bits per heavy atom. The maximum Gasteiger partial charge on any atom is 0.263 e. The SMILES string of the molecule is CC(=O)c1ccc(NS(=O)(=O)c2ccccc2Br)cc1. The van der Waals surface area contributed by atoms with E-state index in [1.807, 2.05) is 0 Å².